The number of ether oxygens (including phenoxy) is 1. The van der Waals surface area contributed by atoms with Crippen molar-refractivity contribution in [3.8, 4) is 0 Å². The highest BCUT2D eigenvalue weighted by Gasteiger charge is 2.37. The van der Waals surface area contributed by atoms with Crippen LogP contribution in [0.4, 0.5) is 0 Å². The third-order valence-electron chi connectivity index (χ3n) is 5.31. The molecule has 2 aliphatic carbocycles. The molecule has 1 heterocycles. The summed E-state index contributed by atoms with van der Waals surface area (Å²) in [5, 5.41) is 21.6. The maximum atomic E-state index is 10.3. The Labute approximate surface area is 155 Å². The molecule has 3 rings (SSSR count). The molecule has 8 nitrogen and oxygen atoms in total. The van der Waals surface area contributed by atoms with Gasteiger partial charge in [-0.3, -0.25) is 4.52 Å². The SMILES string of the molecule is C1CCC(NC2CCCCC2)CC1.O=P(O)(O)O[C@@H]1C[C@H](O)[C@@H](CO)O1. The van der Waals surface area contributed by atoms with E-state index in [9.17, 15) is 4.57 Å². The molecule has 0 radical (unpaired) electrons. The summed E-state index contributed by atoms with van der Waals surface area (Å²) in [4.78, 5) is 16.8. The number of phosphoric acid groups is 1. The van der Waals surface area contributed by atoms with Crippen LogP contribution in [0.1, 0.15) is 70.6 Å². The van der Waals surface area contributed by atoms with Crippen LogP contribution < -0.4 is 5.32 Å². The number of aliphatic hydroxyl groups is 2. The molecule has 5 N–H and O–H groups in total. The summed E-state index contributed by atoms with van der Waals surface area (Å²) >= 11 is 0. The van der Waals surface area contributed by atoms with E-state index in [4.69, 9.17) is 24.7 Å². The fraction of sp³-hybridized carbons (Fsp3) is 1.00. The molecule has 3 fully saturated rings. The minimum Gasteiger partial charge on any atom is -0.394 e. The average molecular weight is 395 g/mol. The molecule has 0 aromatic heterocycles. The first-order valence-electron chi connectivity index (χ1n) is 9.82. The van der Waals surface area contributed by atoms with E-state index >= 15 is 0 Å². The van der Waals surface area contributed by atoms with E-state index in [1.807, 2.05) is 0 Å². The van der Waals surface area contributed by atoms with Crippen LogP contribution in [-0.2, 0) is 13.8 Å². The van der Waals surface area contributed by atoms with Gasteiger partial charge >= 0.3 is 7.82 Å². The lowest BCUT2D eigenvalue weighted by atomic mass is 9.91. The number of rotatable bonds is 5. The first-order valence-corrected chi connectivity index (χ1v) is 11.3. The summed E-state index contributed by atoms with van der Waals surface area (Å²) in [7, 11) is -4.60. The average Bonchev–Trinajstić information content (AvgIpc) is 2.95. The molecule has 1 aliphatic heterocycles. The number of aliphatic hydroxyl groups excluding tert-OH is 2. The quantitative estimate of drug-likeness (QED) is 0.446. The predicted octanol–water partition coefficient (Wildman–Crippen LogP) is 1.81. The van der Waals surface area contributed by atoms with Gasteiger partial charge in [0.15, 0.2) is 6.29 Å². The van der Waals surface area contributed by atoms with E-state index in [2.05, 4.69) is 9.84 Å². The molecule has 0 aromatic rings. The van der Waals surface area contributed by atoms with Crippen molar-refractivity contribution in [1.82, 2.24) is 5.32 Å². The first-order chi connectivity index (χ1) is 12.4. The Kier molecular flexibility index (Phi) is 9.47. The van der Waals surface area contributed by atoms with Crippen molar-refractivity contribution in [3.05, 3.63) is 0 Å². The molecule has 1 saturated heterocycles. The second-order valence-electron chi connectivity index (χ2n) is 7.52. The van der Waals surface area contributed by atoms with Crippen LogP contribution in [0.15, 0.2) is 0 Å². The largest absolute Gasteiger partial charge is 0.471 e. The van der Waals surface area contributed by atoms with Gasteiger partial charge in [-0.25, -0.2) is 4.57 Å². The van der Waals surface area contributed by atoms with E-state index in [0.717, 1.165) is 12.1 Å². The molecule has 0 amide bonds. The van der Waals surface area contributed by atoms with Gasteiger partial charge in [-0.15, -0.1) is 0 Å². The van der Waals surface area contributed by atoms with Crippen molar-refractivity contribution in [2.75, 3.05) is 6.61 Å². The second-order valence-corrected chi connectivity index (χ2v) is 8.71. The lowest BCUT2D eigenvalue weighted by molar-refractivity contribution is -0.102. The van der Waals surface area contributed by atoms with Crippen LogP contribution in [0.3, 0.4) is 0 Å². The number of nitrogens with one attached hydrogen (secondary N) is 1. The Hall–Kier alpha value is -0.0500. The second kappa shape index (κ2) is 11.1. The van der Waals surface area contributed by atoms with Gasteiger partial charge in [-0.1, -0.05) is 38.5 Å². The predicted molar refractivity (Wildman–Crippen MR) is 96.4 cm³/mol. The van der Waals surface area contributed by atoms with Crippen LogP contribution in [0.5, 0.6) is 0 Å². The Balaban J connectivity index is 0.000000187. The summed E-state index contributed by atoms with van der Waals surface area (Å²) in [5.74, 6) is 0. The number of hydrogen-bond donors (Lipinski definition) is 5. The lowest BCUT2D eigenvalue weighted by Gasteiger charge is -2.30. The maximum absolute atomic E-state index is 10.3. The van der Waals surface area contributed by atoms with Gasteiger partial charge in [0, 0.05) is 18.5 Å². The van der Waals surface area contributed by atoms with Gasteiger partial charge in [0.2, 0.25) is 0 Å². The fourth-order valence-electron chi connectivity index (χ4n) is 3.95. The van der Waals surface area contributed by atoms with Gasteiger partial charge in [-0.05, 0) is 25.7 Å². The van der Waals surface area contributed by atoms with E-state index in [-0.39, 0.29) is 6.42 Å². The third-order valence-corrected chi connectivity index (χ3v) is 5.82. The highest BCUT2D eigenvalue weighted by molar-refractivity contribution is 7.46. The zero-order chi connectivity index (χ0) is 19.0. The molecule has 0 aromatic carbocycles. The van der Waals surface area contributed by atoms with Crippen molar-refractivity contribution in [1.29, 1.82) is 0 Å². The Morgan fingerprint density at radius 1 is 0.962 bits per heavy atom. The molecular weight excluding hydrogens is 361 g/mol. The number of phosphoric ester groups is 1. The summed E-state index contributed by atoms with van der Waals surface area (Å²) in [6.07, 6.45) is 11.6. The van der Waals surface area contributed by atoms with Gasteiger partial charge < -0.3 is 30.1 Å². The molecule has 0 bridgehead atoms. The third kappa shape index (κ3) is 8.31. The molecule has 9 heteroatoms. The van der Waals surface area contributed by atoms with Crippen LogP contribution in [0, 0.1) is 0 Å². The van der Waals surface area contributed by atoms with Crippen LogP contribution in [-0.4, -0.2) is 57.2 Å². The Bertz CT molecular complexity index is 419. The van der Waals surface area contributed by atoms with Gasteiger partial charge in [0.05, 0.1) is 12.7 Å². The van der Waals surface area contributed by atoms with Gasteiger partial charge in [0.25, 0.3) is 0 Å². The van der Waals surface area contributed by atoms with Crippen LogP contribution in [0.2, 0.25) is 0 Å². The van der Waals surface area contributed by atoms with Crippen LogP contribution >= 0.6 is 7.82 Å². The van der Waals surface area contributed by atoms with E-state index in [0.29, 0.717) is 0 Å². The summed E-state index contributed by atoms with van der Waals surface area (Å²) in [5.41, 5.74) is 0. The van der Waals surface area contributed by atoms with E-state index in [1.54, 1.807) is 0 Å². The van der Waals surface area contributed by atoms with Crippen molar-refractivity contribution in [2.45, 2.75) is 101 Å². The minimum atomic E-state index is -4.60. The fourth-order valence-corrected chi connectivity index (χ4v) is 4.39. The molecule has 2 saturated carbocycles. The van der Waals surface area contributed by atoms with Crippen molar-refractivity contribution < 1.29 is 33.8 Å². The molecule has 0 unspecified atom stereocenters. The molecule has 3 aliphatic rings. The zero-order valence-electron chi connectivity index (χ0n) is 15.3. The Morgan fingerprint density at radius 3 is 1.85 bits per heavy atom. The summed E-state index contributed by atoms with van der Waals surface area (Å²) in [6.45, 7) is -0.414. The highest BCUT2D eigenvalue weighted by atomic mass is 31.2. The molecular formula is C17H34NO7P. The summed E-state index contributed by atoms with van der Waals surface area (Å²) < 4.78 is 19.3. The normalized spacial score (nSPS) is 31.5. The van der Waals surface area contributed by atoms with E-state index in [1.165, 1.54) is 64.2 Å². The molecule has 3 atom stereocenters. The monoisotopic (exact) mass is 395 g/mol. The van der Waals surface area contributed by atoms with Crippen LogP contribution in [0.25, 0.3) is 0 Å². The van der Waals surface area contributed by atoms with Crippen molar-refractivity contribution >= 4 is 7.82 Å². The maximum Gasteiger partial charge on any atom is 0.471 e. The Morgan fingerprint density at radius 2 is 1.46 bits per heavy atom. The van der Waals surface area contributed by atoms with Gasteiger partial charge in [-0.2, -0.15) is 0 Å². The van der Waals surface area contributed by atoms with Gasteiger partial charge in [0.1, 0.15) is 6.10 Å². The minimum absolute atomic E-state index is 0.0592. The molecule has 26 heavy (non-hydrogen) atoms. The van der Waals surface area contributed by atoms with E-state index < -0.39 is 32.9 Å². The molecule has 0 spiro atoms. The summed E-state index contributed by atoms with van der Waals surface area (Å²) in [6, 6.07) is 1.74. The zero-order valence-corrected chi connectivity index (χ0v) is 16.2. The standard InChI is InChI=1S/C12H23N.C5H11O7P/c1-3-7-11(8-4-1)13-12-9-5-2-6-10-12;6-2-4-3(7)1-5(11-4)12-13(8,9)10/h11-13H,1-10H2;3-7H,1-2H2,(H2,8,9,10)/t;3-,4+,5+/m.0/s1. The highest BCUT2D eigenvalue weighted by Crippen LogP contribution is 2.40. The smallest absolute Gasteiger partial charge is 0.394 e. The van der Waals surface area contributed by atoms with Crippen molar-refractivity contribution in [3.63, 3.8) is 0 Å². The lowest BCUT2D eigenvalue weighted by Crippen LogP contribution is -2.40. The first kappa shape index (κ1) is 22.2. The van der Waals surface area contributed by atoms with Crippen molar-refractivity contribution in [2.24, 2.45) is 0 Å². The topological polar surface area (TPSA) is 128 Å². The number of hydrogen-bond acceptors (Lipinski definition) is 6. The molecule has 154 valence electrons.